The summed E-state index contributed by atoms with van der Waals surface area (Å²) in [5.41, 5.74) is 2.15. The monoisotopic (exact) mass is 339 g/mol. The van der Waals surface area contributed by atoms with Crippen molar-refractivity contribution in [1.29, 1.82) is 0 Å². The summed E-state index contributed by atoms with van der Waals surface area (Å²) >= 11 is 0. The van der Waals surface area contributed by atoms with Crippen molar-refractivity contribution in [2.24, 2.45) is 0 Å². The maximum atomic E-state index is 12.6. The van der Waals surface area contributed by atoms with Crippen molar-refractivity contribution >= 4 is 11.9 Å². The number of amides is 1. The fourth-order valence-corrected chi connectivity index (χ4v) is 3.33. The highest BCUT2D eigenvalue weighted by molar-refractivity contribution is 5.87. The van der Waals surface area contributed by atoms with Crippen LogP contribution in [0.3, 0.4) is 0 Å². The van der Waals surface area contributed by atoms with Gasteiger partial charge in [0.15, 0.2) is 0 Å². The average Bonchev–Trinajstić information content (AvgIpc) is 2.62. The lowest BCUT2D eigenvalue weighted by molar-refractivity contribution is -0.131. The second-order valence-corrected chi connectivity index (χ2v) is 6.45. The summed E-state index contributed by atoms with van der Waals surface area (Å²) in [5, 5.41) is 18.5. The molecule has 2 N–H and O–H groups in total. The van der Waals surface area contributed by atoms with Crippen molar-refractivity contribution in [2.75, 3.05) is 13.1 Å². The number of benzene rings is 2. The standard InChI is InChI=1S/C20H21NO4/c22-18-5-1-3-14(11-18)12-19(23)21-10-2-4-17(13-21)15-6-8-16(9-7-15)20(24)25/h1,3,5-9,11,17,22H,2,4,10,12-13H2,(H,24,25). The molecule has 1 fully saturated rings. The molecule has 0 aromatic heterocycles. The quantitative estimate of drug-likeness (QED) is 0.897. The fraction of sp³-hybridized carbons (Fsp3) is 0.300. The van der Waals surface area contributed by atoms with Crippen molar-refractivity contribution in [2.45, 2.75) is 25.2 Å². The summed E-state index contributed by atoms with van der Waals surface area (Å²) < 4.78 is 0. The Morgan fingerprint density at radius 3 is 2.56 bits per heavy atom. The highest BCUT2D eigenvalue weighted by Gasteiger charge is 2.25. The van der Waals surface area contributed by atoms with Gasteiger partial charge in [0.1, 0.15) is 5.75 Å². The number of phenolic OH excluding ortho intramolecular Hbond substituents is 1. The lowest BCUT2D eigenvalue weighted by Crippen LogP contribution is -2.39. The number of aromatic carboxylic acids is 1. The molecule has 0 bridgehead atoms. The summed E-state index contributed by atoms with van der Waals surface area (Å²) in [7, 11) is 0. The molecule has 0 spiro atoms. The van der Waals surface area contributed by atoms with Gasteiger partial charge in [-0.2, -0.15) is 0 Å². The second-order valence-electron chi connectivity index (χ2n) is 6.45. The van der Waals surface area contributed by atoms with Crippen molar-refractivity contribution in [3.8, 4) is 5.75 Å². The van der Waals surface area contributed by atoms with Crippen LogP contribution < -0.4 is 0 Å². The predicted octanol–water partition coefficient (Wildman–Crippen LogP) is 3.04. The van der Waals surface area contributed by atoms with Crippen molar-refractivity contribution in [3.63, 3.8) is 0 Å². The van der Waals surface area contributed by atoms with Gasteiger partial charge in [0, 0.05) is 19.0 Å². The van der Waals surface area contributed by atoms with E-state index in [1.54, 1.807) is 30.3 Å². The van der Waals surface area contributed by atoms with E-state index in [1.807, 2.05) is 23.1 Å². The molecular formula is C20H21NO4. The number of piperidine rings is 1. The Morgan fingerprint density at radius 1 is 1.12 bits per heavy atom. The first-order valence-corrected chi connectivity index (χ1v) is 8.42. The van der Waals surface area contributed by atoms with Gasteiger partial charge < -0.3 is 15.1 Å². The zero-order valence-corrected chi connectivity index (χ0v) is 13.9. The number of carboxylic acid groups (broad SMARTS) is 1. The summed E-state index contributed by atoms with van der Waals surface area (Å²) in [4.78, 5) is 25.4. The van der Waals surface area contributed by atoms with E-state index in [1.165, 1.54) is 0 Å². The smallest absolute Gasteiger partial charge is 0.335 e. The van der Waals surface area contributed by atoms with Gasteiger partial charge in [-0.1, -0.05) is 24.3 Å². The Balaban J connectivity index is 1.66. The summed E-state index contributed by atoms with van der Waals surface area (Å²) in [6.45, 7) is 1.38. The lowest BCUT2D eigenvalue weighted by atomic mass is 9.90. The molecule has 25 heavy (non-hydrogen) atoms. The van der Waals surface area contributed by atoms with Crippen LogP contribution in [0.5, 0.6) is 5.75 Å². The highest BCUT2D eigenvalue weighted by Crippen LogP contribution is 2.27. The number of likely N-dealkylation sites (tertiary alicyclic amines) is 1. The van der Waals surface area contributed by atoms with E-state index in [0.717, 1.165) is 30.5 Å². The first kappa shape index (κ1) is 17.0. The summed E-state index contributed by atoms with van der Waals surface area (Å²) in [6.07, 6.45) is 2.19. The van der Waals surface area contributed by atoms with Gasteiger partial charge in [-0.05, 0) is 48.2 Å². The number of aromatic hydroxyl groups is 1. The molecule has 1 amide bonds. The van der Waals surface area contributed by atoms with Crippen LogP contribution in [0.2, 0.25) is 0 Å². The van der Waals surface area contributed by atoms with Crippen LogP contribution in [0.4, 0.5) is 0 Å². The van der Waals surface area contributed by atoms with Crippen LogP contribution >= 0.6 is 0 Å². The molecule has 0 saturated carbocycles. The van der Waals surface area contributed by atoms with Gasteiger partial charge in [0.05, 0.1) is 12.0 Å². The number of hydrogen-bond acceptors (Lipinski definition) is 3. The molecule has 2 aromatic rings. The van der Waals surface area contributed by atoms with Gasteiger partial charge in [0.25, 0.3) is 0 Å². The largest absolute Gasteiger partial charge is 0.508 e. The average molecular weight is 339 g/mol. The van der Waals surface area contributed by atoms with E-state index >= 15 is 0 Å². The number of carbonyl (C=O) groups excluding carboxylic acids is 1. The summed E-state index contributed by atoms with van der Waals surface area (Å²) in [6, 6.07) is 13.7. The molecule has 1 unspecified atom stereocenters. The number of phenols is 1. The minimum atomic E-state index is -0.932. The van der Waals surface area contributed by atoms with E-state index in [9.17, 15) is 14.7 Å². The maximum Gasteiger partial charge on any atom is 0.335 e. The Hall–Kier alpha value is -2.82. The third-order valence-electron chi connectivity index (χ3n) is 4.67. The molecule has 1 heterocycles. The van der Waals surface area contributed by atoms with Crippen LogP contribution in [0, 0.1) is 0 Å². The molecule has 1 aliphatic rings. The van der Waals surface area contributed by atoms with Gasteiger partial charge in [-0.25, -0.2) is 4.79 Å². The highest BCUT2D eigenvalue weighted by atomic mass is 16.4. The molecule has 5 heteroatoms. The molecular weight excluding hydrogens is 318 g/mol. The Bertz CT molecular complexity index is 770. The molecule has 130 valence electrons. The minimum absolute atomic E-state index is 0.0532. The Morgan fingerprint density at radius 2 is 1.88 bits per heavy atom. The number of hydrogen-bond donors (Lipinski definition) is 2. The van der Waals surface area contributed by atoms with Crippen molar-refractivity contribution in [3.05, 3.63) is 65.2 Å². The van der Waals surface area contributed by atoms with E-state index < -0.39 is 5.97 Å². The molecule has 0 radical (unpaired) electrons. The van der Waals surface area contributed by atoms with Crippen molar-refractivity contribution < 1.29 is 19.8 Å². The lowest BCUT2D eigenvalue weighted by Gasteiger charge is -2.33. The SMILES string of the molecule is O=C(O)c1ccc(C2CCCN(C(=O)Cc3cccc(O)c3)C2)cc1. The van der Waals surface area contributed by atoms with Gasteiger partial charge in [-0.3, -0.25) is 4.79 Å². The molecule has 2 aromatic carbocycles. The molecule has 5 nitrogen and oxygen atoms in total. The molecule has 0 aliphatic carbocycles. The van der Waals surface area contributed by atoms with Crippen LogP contribution in [0.1, 0.15) is 40.2 Å². The predicted molar refractivity (Wildman–Crippen MR) is 93.8 cm³/mol. The maximum absolute atomic E-state index is 12.6. The number of rotatable bonds is 4. The van der Waals surface area contributed by atoms with E-state index in [0.29, 0.717) is 6.54 Å². The first-order chi connectivity index (χ1) is 12.0. The molecule has 3 rings (SSSR count). The second kappa shape index (κ2) is 7.38. The normalized spacial score (nSPS) is 17.3. The fourth-order valence-electron chi connectivity index (χ4n) is 3.33. The third kappa shape index (κ3) is 4.18. The van der Waals surface area contributed by atoms with E-state index in [-0.39, 0.29) is 29.6 Å². The zero-order valence-electron chi connectivity index (χ0n) is 13.9. The van der Waals surface area contributed by atoms with Crippen LogP contribution in [0.25, 0.3) is 0 Å². The van der Waals surface area contributed by atoms with Crippen LogP contribution in [0.15, 0.2) is 48.5 Å². The van der Waals surface area contributed by atoms with Gasteiger partial charge >= 0.3 is 5.97 Å². The van der Waals surface area contributed by atoms with Crippen LogP contribution in [-0.4, -0.2) is 40.1 Å². The minimum Gasteiger partial charge on any atom is -0.508 e. The number of nitrogens with zero attached hydrogens (tertiary/aromatic N) is 1. The molecule has 1 atom stereocenters. The first-order valence-electron chi connectivity index (χ1n) is 8.42. The third-order valence-corrected chi connectivity index (χ3v) is 4.67. The Labute approximate surface area is 146 Å². The number of carboxylic acids is 1. The van der Waals surface area contributed by atoms with Crippen molar-refractivity contribution in [1.82, 2.24) is 4.90 Å². The van der Waals surface area contributed by atoms with Crippen LogP contribution in [-0.2, 0) is 11.2 Å². The zero-order chi connectivity index (χ0) is 17.8. The summed E-state index contributed by atoms with van der Waals surface area (Å²) in [5.74, 6) is -0.486. The van der Waals surface area contributed by atoms with E-state index in [4.69, 9.17) is 5.11 Å². The molecule has 1 saturated heterocycles. The topological polar surface area (TPSA) is 77.8 Å². The van der Waals surface area contributed by atoms with Gasteiger partial charge in [-0.15, -0.1) is 0 Å². The number of carbonyl (C=O) groups is 2. The molecule has 1 aliphatic heterocycles. The van der Waals surface area contributed by atoms with Gasteiger partial charge in [0.2, 0.25) is 5.91 Å². The van der Waals surface area contributed by atoms with E-state index in [2.05, 4.69) is 0 Å². The Kier molecular flexibility index (Phi) is 5.03.